The van der Waals surface area contributed by atoms with Crippen LogP contribution >= 0.6 is 11.8 Å². The fourth-order valence-electron chi connectivity index (χ4n) is 1.28. The van der Waals surface area contributed by atoms with Crippen molar-refractivity contribution >= 4 is 17.7 Å². The first-order valence-electron chi connectivity index (χ1n) is 5.16. The maximum Gasteiger partial charge on any atom is 0.235 e. The summed E-state index contributed by atoms with van der Waals surface area (Å²) in [6.45, 7) is 3.88. The van der Waals surface area contributed by atoms with Crippen molar-refractivity contribution in [3.8, 4) is 0 Å². The number of thioether (sulfide) groups is 1. The molecule has 16 heavy (non-hydrogen) atoms. The Labute approximate surface area is 101 Å². The largest absolute Gasteiger partial charge is 0.368 e. The maximum absolute atomic E-state index is 11.0. The smallest absolute Gasteiger partial charge is 0.235 e. The number of amides is 1. The van der Waals surface area contributed by atoms with Crippen molar-refractivity contribution in [3.05, 3.63) is 35.9 Å². The van der Waals surface area contributed by atoms with Gasteiger partial charge < -0.3 is 11.5 Å². The Morgan fingerprint density at radius 2 is 1.94 bits per heavy atom. The highest BCUT2D eigenvalue weighted by atomic mass is 32.2. The van der Waals surface area contributed by atoms with Gasteiger partial charge in [0.25, 0.3) is 0 Å². The number of primary amides is 1. The van der Waals surface area contributed by atoms with Gasteiger partial charge in [-0.3, -0.25) is 4.79 Å². The van der Waals surface area contributed by atoms with Crippen molar-refractivity contribution in [2.75, 3.05) is 0 Å². The van der Waals surface area contributed by atoms with Crippen LogP contribution in [0, 0.1) is 0 Å². The summed E-state index contributed by atoms with van der Waals surface area (Å²) in [6, 6.07) is 9.46. The Morgan fingerprint density at radius 3 is 2.44 bits per heavy atom. The summed E-state index contributed by atoms with van der Waals surface area (Å²) >= 11 is 1.64. The molecule has 1 atom stereocenters. The van der Waals surface area contributed by atoms with Gasteiger partial charge in [0.1, 0.15) is 0 Å². The quantitative estimate of drug-likeness (QED) is 0.817. The monoisotopic (exact) mass is 238 g/mol. The second-order valence-electron chi connectivity index (χ2n) is 4.26. The molecule has 0 aliphatic rings. The van der Waals surface area contributed by atoms with Crippen molar-refractivity contribution < 1.29 is 4.79 Å². The summed E-state index contributed by atoms with van der Waals surface area (Å²) in [5.41, 5.74) is 12.2. The lowest BCUT2D eigenvalue weighted by molar-refractivity contribution is -0.119. The predicted octanol–water partition coefficient (Wildman–Crippen LogP) is 1.51. The molecule has 1 aromatic carbocycles. The number of nitrogens with two attached hydrogens (primary N) is 2. The van der Waals surface area contributed by atoms with E-state index in [0.29, 0.717) is 0 Å². The van der Waals surface area contributed by atoms with Crippen LogP contribution in [0.25, 0.3) is 0 Å². The highest BCUT2D eigenvalue weighted by molar-refractivity contribution is 7.99. The van der Waals surface area contributed by atoms with E-state index in [1.807, 2.05) is 32.0 Å². The van der Waals surface area contributed by atoms with E-state index < -0.39 is 11.9 Å². The number of carbonyl (C=O) groups is 1. The lowest BCUT2D eigenvalue weighted by Crippen LogP contribution is -2.50. The first-order chi connectivity index (χ1) is 7.43. The highest BCUT2D eigenvalue weighted by Crippen LogP contribution is 2.30. The van der Waals surface area contributed by atoms with Crippen LogP contribution in [0.15, 0.2) is 30.3 Å². The van der Waals surface area contributed by atoms with Crippen LogP contribution in [0.3, 0.4) is 0 Å². The number of carbonyl (C=O) groups excluding carboxylic acids is 1. The molecule has 0 heterocycles. The fourth-order valence-corrected chi connectivity index (χ4v) is 2.30. The van der Waals surface area contributed by atoms with Crippen LogP contribution in [0.1, 0.15) is 19.4 Å². The average molecular weight is 238 g/mol. The van der Waals surface area contributed by atoms with Crippen LogP contribution < -0.4 is 11.5 Å². The van der Waals surface area contributed by atoms with E-state index in [4.69, 9.17) is 11.5 Å². The Bertz CT molecular complexity index is 351. The minimum atomic E-state index is -0.624. The molecule has 0 saturated heterocycles. The van der Waals surface area contributed by atoms with E-state index >= 15 is 0 Å². The van der Waals surface area contributed by atoms with Gasteiger partial charge in [0.05, 0.1) is 6.04 Å². The van der Waals surface area contributed by atoms with Crippen LogP contribution in [-0.4, -0.2) is 16.7 Å². The van der Waals surface area contributed by atoms with Crippen LogP contribution in [0.2, 0.25) is 0 Å². The van der Waals surface area contributed by atoms with E-state index in [-0.39, 0.29) is 4.75 Å². The van der Waals surface area contributed by atoms with E-state index in [9.17, 15) is 4.79 Å². The lowest BCUT2D eigenvalue weighted by atomic mass is 10.0. The molecule has 1 amide bonds. The Kier molecular flexibility index (Phi) is 4.38. The molecule has 88 valence electrons. The van der Waals surface area contributed by atoms with Crippen molar-refractivity contribution in [3.63, 3.8) is 0 Å². The van der Waals surface area contributed by atoms with Gasteiger partial charge >= 0.3 is 0 Å². The molecular weight excluding hydrogens is 220 g/mol. The van der Waals surface area contributed by atoms with Gasteiger partial charge in [-0.25, -0.2) is 0 Å². The first kappa shape index (κ1) is 13.1. The van der Waals surface area contributed by atoms with Crippen molar-refractivity contribution in [1.29, 1.82) is 0 Å². The molecule has 0 aliphatic heterocycles. The Hall–Kier alpha value is -1.00. The third kappa shape index (κ3) is 3.54. The predicted molar refractivity (Wildman–Crippen MR) is 69.0 cm³/mol. The molecule has 1 aromatic rings. The van der Waals surface area contributed by atoms with Crippen molar-refractivity contribution in [2.45, 2.75) is 30.4 Å². The summed E-state index contributed by atoms with van der Waals surface area (Å²) in [4.78, 5) is 11.0. The highest BCUT2D eigenvalue weighted by Gasteiger charge is 2.30. The standard InChI is InChI=1S/C12H18N2OS/c1-12(2,10(13)11(14)15)16-8-9-6-4-3-5-7-9/h3-7,10H,8,13H2,1-2H3,(H2,14,15)/t10-/m0/s1. The minimum Gasteiger partial charge on any atom is -0.368 e. The van der Waals surface area contributed by atoms with Crippen LogP contribution in [0.4, 0.5) is 0 Å². The summed E-state index contributed by atoms with van der Waals surface area (Å²) < 4.78 is -0.346. The molecule has 0 aromatic heterocycles. The normalized spacial score (nSPS) is 13.4. The van der Waals surface area contributed by atoms with Gasteiger partial charge in [0, 0.05) is 10.5 Å². The van der Waals surface area contributed by atoms with E-state index in [1.165, 1.54) is 5.56 Å². The third-order valence-corrected chi connectivity index (χ3v) is 3.98. The van der Waals surface area contributed by atoms with Crippen LogP contribution in [-0.2, 0) is 10.5 Å². The first-order valence-corrected chi connectivity index (χ1v) is 6.15. The topological polar surface area (TPSA) is 69.1 Å². The van der Waals surface area contributed by atoms with Gasteiger partial charge in [0.15, 0.2) is 0 Å². The maximum atomic E-state index is 11.0. The van der Waals surface area contributed by atoms with Gasteiger partial charge in [-0.05, 0) is 19.4 Å². The second-order valence-corrected chi connectivity index (χ2v) is 5.89. The lowest BCUT2D eigenvalue weighted by Gasteiger charge is -2.28. The van der Waals surface area contributed by atoms with Crippen molar-refractivity contribution in [2.24, 2.45) is 11.5 Å². The molecule has 4 N–H and O–H groups in total. The zero-order valence-corrected chi connectivity index (χ0v) is 10.5. The molecule has 4 heteroatoms. The number of hydrogen-bond donors (Lipinski definition) is 2. The summed E-state index contributed by atoms with van der Waals surface area (Å²) in [5.74, 6) is 0.375. The summed E-state index contributed by atoms with van der Waals surface area (Å²) in [5, 5.41) is 0. The van der Waals surface area contributed by atoms with Crippen molar-refractivity contribution in [1.82, 2.24) is 0 Å². The zero-order valence-electron chi connectivity index (χ0n) is 9.64. The molecule has 0 saturated carbocycles. The van der Waals surface area contributed by atoms with E-state index in [0.717, 1.165) is 5.75 Å². The average Bonchev–Trinajstić information content (AvgIpc) is 2.27. The zero-order chi connectivity index (χ0) is 12.2. The molecule has 0 unspecified atom stereocenters. The third-order valence-electron chi connectivity index (χ3n) is 2.51. The second kappa shape index (κ2) is 5.37. The molecule has 0 bridgehead atoms. The molecule has 3 nitrogen and oxygen atoms in total. The Balaban J connectivity index is 2.57. The molecular formula is C12H18N2OS. The molecule has 0 radical (unpaired) electrons. The van der Waals surface area contributed by atoms with Gasteiger partial charge in [0.2, 0.25) is 5.91 Å². The molecule has 0 spiro atoms. The fraction of sp³-hybridized carbons (Fsp3) is 0.417. The molecule has 1 rings (SSSR count). The number of benzene rings is 1. The van der Waals surface area contributed by atoms with Gasteiger partial charge in [-0.1, -0.05) is 30.3 Å². The van der Waals surface area contributed by atoms with E-state index in [1.54, 1.807) is 11.8 Å². The summed E-state index contributed by atoms with van der Waals surface area (Å²) in [6.07, 6.45) is 0. The van der Waals surface area contributed by atoms with Crippen LogP contribution in [0.5, 0.6) is 0 Å². The Morgan fingerprint density at radius 1 is 1.38 bits per heavy atom. The van der Waals surface area contributed by atoms with Gasteiger partial charge in [-0.2, -0.15) is 0 Å². The number of hydrogen-bond acceptors (Lipinski definition) is 3. The molecule has 0 aliphatic carbocycles. The summed E-state index contributed by atoms with van der Waals surface area (Å²) in [7, 11) is 0. The van der Waals surface area contributed by atoms with E-state index in [2.05, 4.69) is 12.1 Å². The molecule has 0 fully saturated rings. The van der Waals surface area contributed by atoms with Gasteiger partial charge in [-0.15, -0.1) is 11.8 Å². The minimum absolute atomic E-state index is 0.346. The number of rotatable bonds is 5. The SMILES string of the molecule is CC(C)(SCc1ccccc1)[C@@H](N)C(N)=O.